The number of ether oxygens (including phenoxy) is 1. The summed E-state index contributed by atoms with van der Waals surface area (Å²) in [6.45, 7) is 6.78. The van der Waals surface area contributed by atoms with Crippen LogP contribution in [0.5, 0.6) is 5.75 Å². The molecule has 1 aliphatic heterocycles. The summed E-state index contributed by atoms with van der Waals surface area (Å²) < 4.78 is 40.3. The van der Waals surface area contributed by atoms with Crippen molar-refractivity contribution in [3.05, 3.63) is 29.8 Å². The number of hydroxylamine groups is 2. The van der Waals surface area contributed by atoms with Gasteiger partial charge in [0.1, 0.15) is 5.75 Å². The molecule has 1 fully saturated rings. The third-order valence-electron chi connectivity index (χ3n) is 4.08. The van der Waals surface area contributed by atoms with Gasteiger partial charge in [0.05, 0.1) is 5.41 Å². The van der Waals surface area contributed by atoms with Gasteiger partial charge in [-0.15, -0.1) is 18.2 Å². The van der Waals surface area contributed by atoms with Crippen molar-refractivity contribution >= 4 is 5.97 Å². The van der Waals surface area contributed by atoms with E-state index in [4.69, 9.17) is 4.84 Å². The van der Waals surface area contributed by atoms with Crippen LogP contribution in [0.2, 0.25) is 0 Å². The second kappa shape index (κ2) is 7.64. The van der Waals surface area contributed by atoms with Gasteiger partial charge in [0, 0.05) is 13.1 Å². The van der Waals surface area contributed by atoms with Gasteiger partial charge >= 0.3 is 12.3 Å². The average molecular weight is 359 g/mol. The molecule has 0 radical (unpaired) electrons. The van der Waals surface area contributed by atoms with E-state index >= 15 is 0 Å². The molecule has 4 nitrogen and oxygen atoms in total. The lowest BCUT2D eigenvalue weighted by Gasteiger charge is -2.32. The van der Waals surface area contributed by atoms with Crippen LogP contribution in [0.1, 0.15) is 39.2 Å². The van der Waals surface area contributed by atoms with E-state index < -0.39 is 11.8 Å². The summed E-state index contributed by atoms with van der Waals surface area (Å²) >= 11 is 0. The number of alkyl halides is 3. The molecule has 140 valence electrons. The predicted octanol–water partition coefficient (Wildman–Crippen LogP) is 4.34. The van der Waals surface area contributed by atoms with Crippen LogP contribution in [0.4, 0.5) is 13.2 Å². The predicted molar refractivity (Wildman–Crippen MR) is 86.7 cm³/mol. The Hall–Kier alpha value is -1.76. The molecule has 0 unspecified atom stereocenters. The fraction of sp³-hybridized carbons (Fsp3) is 0.611. The smallest absolute Gasteiger partial charge is 0.406 e. The SMILES string of the molecule is CC(C)(C)C(=O)ON1CCC(Cc2ccc(OC(F)(F)F)cc2)CC1. The molecule has 1 aromatic rings. The van der Waals surface area contributed by atoms with E-state index in [-0.39, 0.29) is 11.7 Å². The second-order valence-electron chi connectivity index (χ2n) is 7.40. The summed E-state index contributed by atoms with van der Waals surface area (Å²) in [4.78, 5) is 17.3. The van der Waals surface area contributed by atoms with E-state index in [2.05, 4.69) is 4.74 Å². The molecule has 0 aliphatic carbocycles. The van der Waals surface area contributed by atoms with Crippen molar-refractivity contribution in [3.63, 3.8) is 0 Å². The molecule has 0 atom stereocenters. The van der Waals surface area contributed by atoms with Gasteiger partial charge in [-0.1, -0.05) is 12.1 Å². The first-order valence-corrected chi connectivity index (χ1v) is 8.35. The lowest BCUT2D eigenvalue weighted by molar-refractivity contribution is -0.274. The number of nitrogens with zero attached hydrogens (tertiary/aromatic N) is 1. The molecular formula is C18H24F3NO3. The van der Waals surface area contributed by atoms with Crippen LogP contribution in [0.15, 0.2) is 24.3 Å². The van der Waals surface area contributed by atoms with Gasteiger partial charge in [0.2, 0.25) is 0 Å². The highest BCUT2D eigenvalue weighted by Gasteiger charge is 2.31. The van der Waals surface area contributed by atoms with E-state index in [0.717, 1.165) is 24.8 Å². The molecule has 0 spiro atoms. The van der Waals surface area contributed by atoms with Crippen LogP contribution in [0, 0.1) is 11.3 Å². The second-order valence-corrected chi connectivity index (χ2v) is 7.40. The molecule has 0 aromatic heterocycles. The highest BCUT2D eigenvalue weighted by Crippen LogP contribution is 2.26. The number of carbonyl (C=O) groups is 1. The Kier molecular flexibility index (Phi) is 5.98. The summed E-state index contributed by atoms with van der Waals surface area (Å²) in [5.74, 6) is -0.0367. The van der Waals surface area contributed by atoms with Crippen molar-refractivity contribution in [3.8, 4) is 5.75 Å². The third kappa shape index (κ3) is 6.57. The van der Waals surface area contributed by atoms with Gasteiger partial charge in [0.15, 0.2) is 0 Å². The quantitative estimate of drug-likeness (QED) is 0.801. The van der Waals surface area contributed by atoms with Crippen molar-refractivity contribution in [2.24, 2.45) is 11.3 Å². The number of piperidine rings is 1. The van der Waals surface area contributed by atoms with E-state index in [0.29, 0.717) is 19.0 Å². The van der Waals surface area contributed by atoms with Crippen molar-refractivity contribution < 1.29 is 27.5 Å². The first-order chi connectivity index (χ1) is 11.5. The molecule has 0 saturated carbocycles. The summed E-state index contributed by atoms with van der Waals surface area (Å²) in [5, 5.41) is 1.70. The fourth-order valence-electron chi connectivity index (χ4n) is 2.62. The molecule has 0 bridgehead atoms. The zero-order valence-corrected chi connectivity index (χ0v) is 14.7. The third-order valence-corrected chi connectivity index (χ3v) is 4.08. The zero-order valence-electron chi connectivity index (χ0n) is 14.7. The number of benzene rings is 1. The van der Waals surface area contributed by atoms with Gasteiger partial charge in [-0.3, -0.25) is 0 Å². The zero-order chi connectivity index (χ0) is 18.7. The van der Waals surface area contributed by atoms with Crippen molar-refractivity contribution in [2.45, 2.75) is 46.4 Å². The molecule has 1 aromatic carbocycles. The highest BCUT2D eigenvalue weighted by molar-refractivity contribution is 5.75. The standard InChI is InChI=1S/C18H24F3NO3/c1-17(2,3)16(23)25-22-10-8-14(9-11-22)12-13-4-6-15(7-5-13)24-18(19,20)21/h4-7,14H,8-12H2,1-3H3. The Balaban J connectivity index is 1.79. The fourth-order valence-corrected chi connectivity index (χ4v) is 2.62. The Labute approximate surface area is 145 Å². The number of rotatable bonds is 4. The summed E-state index contributed by atoms with van der Waals surface area (Å²) in [5.41, 5.74) is 0.441. The van der Waals surface area contributed by atoms with Crippen molar-refractivity contribution in [1.29, 1.82) is 0 Å². The van der Waals surface area contributed by atoms with Gasteiger partial charge < -0.3 is 9.57 Å². The molecule has 0 N–H and O–H groups in total. The molecular weight excluding hydrogens is 335 g/mol. The number of hydrogen-bond donors (Lipinski definition) is 0. The minimum Gasteiger partial charge on any atom is -0.406 e. The number of halogens is 3. The monoisotopic (exact) mass is 359 g/mol. The number of hydrogen-bond acceptors (Lipinski definition) is 4. The van der Waals surface area contributed by atoms with Crippen LogP contribution in [-0.2, 0) is 16.1 Å². The lowest BCUT2D eigenvalue weighted by Crippen LogP contribution is -2.39. The maximum atomic E-state index is 12.2. The van der Waals surface area contributed by atoms with Crippen LogP contribution in [0.3, 0.4) is 0 Å². The summed E-state index contributed by atoms with van der Waals surface area (Å²) in [7, 11) is 0. The Morgan fingerprint density at radius 2 is 1.68 bits per heavy atom. The highest BCUT2D eigenvalue weighted by atomic mass is 19.4. The maximum Gasteiger partial charge on any atom is 0.573 e. The van der Waals surface area contributed by atoms with Crippen LogP contribution < -0.4 is 4.74 Å². The first kappa shape index (κ1) is 19.6. The number of carbonyl (C=O) groups excluding carboxylic acids is 1. The van der Waals surface area contributed by atoms with Crippen molar-refractivity contribution in [1.82, 2.24) is 5.06 Å². The van der Waals surface area contributed by atoms with Crippen molar-refractivity contribution in [2.75, 3.05) is 13.1 Å². The first-order valence-electron chi connectivity index (χ1n) is 8.35. The summed E-state index contributed by atoms with van der Waals surface area (Å²) in [6.07, 6.45) is -2.14. The van der Waals surface area contributed by atoms with Gasteiger partial charge in [-0.05, 0) is 63.6 Å². The van der Waals surface area contributed by atoms with E-state index in [9.17, 15) is 18.0 Å². The maximum absolute atomic E-state index is 12.2. The summed E-state index contributed by atoms with van der Waals surface area (Å²) in [6, 6.07) is 5.99. The Bertz CT molecular complexity index is 571. The molecule has 1 heterocycles. The minimum atomic E-state index is -4.67. The molecule has 7 heteroatoms. The average Bonchev–Trinajstić information content (AvgIpc) is 2.49. The van der Waals surface area contributed by atoms with E-state index in [1.165, 1.54) is 12.1 Å². The van der Waals surface area contributed by atoms with Crippen LogP contribution >= 0.6 is 0 Å². The molecule has 2 rings (SSSR count). The lowest BCUT2D eigenvalue weighted by atomic mass is 9.91. The van der Waals surface area contributed by atoms with E-state index in [1.807, 2.05) is 20.8 Å². The van der Waals surface area contributed by atoms with E-state index in [1.54, 1.807) is 17.2 Å². The Morgan fingerprint density at radius 3 is 2.16 bits per heavy atom. The van der Waals surface area contributed by atoms with Gasteiger partial charge in [0.25, 0.3) is 0 Å². The van der Waals surface area contributed by atoms with Crippen LogP contribution in [-0.4, -0.2) is 30.5 Å². The topological polar surface area (TPSA) is 38.8 Å². The Morgan fingerprint density at radius 1 is 1.12 bits per heavy atom. The normalized spacial score (nSPS) is 17.4. The molecule has 0 amide bonds. The molecule has 25 heavy (non-hydrogen) atoms. The largest absolute Gasteiger partial charge is 0.573 e. The minimum absolute atomic E-state index is 0.208. The van der Waals surface area contributed by atoms with Gasteiger partial charge in [-0.2, -0.15) is 0 Å². The van der Waals surface area contributed by atoms with Gasteiger partial charge in [-0.25, -0.2) is 4.79 Å². The molecule has 1 aliphatic rings. The van der Waals surface area contributed by atoms with Crippen LogP contribution in [0.25, 0.3) is 0 Å². The molecule has 1 saturated heterocycles.